The lowest BCUT2D eigenvalue weighted by Gasteiger charge is -2.19. The summed E-state index contributed by atoms with van der Waals surface area (Å²) in [5, 5.41) is 16.1. The van der Waals surface area contributed by atoms with Crippen LogP contribution in [0.4, 0.5) is 4.39 Å². The second-order valence-electron chi connectivity index (χ2n) is 38.0. The maximum Gasteiger partial charge on any atom is 0.220 e. The van der Waals surface area contributed by atoms with Crippen LogP contribution in [-0.2, 0) is 28.2 Å². The van der Waals surface area contributed by atoms with E-state index in [9.17, 15) is 4.39 Å². The van der Waals surface area contributed by atoms with Crippen molar-refractivity contribution in [3.63, 3.8) is 0 Å². The van der Waals surface area contributed by atoms with E-state index in [1.54, 1.807) is 6.07 Å². The lowest BCUT2D eigenvalue weighted by atomic mass is 9.87. The summed E-state index contributed by atoms with van der Waals surface area (Å²) < 4.78 is 32.6. The third-order valence-electron chi connectivity index (χ3n) is 24.8. The van der Waals surface area contributed by atoms with Crippen LogP contribution in [0.1, 0.15) is 71.6 Å². The first-order chi connectivity index (χ1) is 57.2. The molecule has 9 heteroatoms. The van der Waals surface area contributed by atoms with E-state index in [0.29, 0.717) is 17.7 Å². The molecule has 0 saturated heterocycles. The number of pyridine rings is 4. The topological polar surface area (TPSA) is 15.5 Å². The Kier molecular flexibility index (Phi) is 25.0. The summed E-state index contributed by atoms with van der Waals surface area (Å²) in [5.74, 6) is 0.245. The van der Waals surface area contributed by atoms with Crippen molar-refractivity contribution in [3.05, 3.63) is 335 Å². The molecular formula is C111H125FN4Si4+4. The Hall–Kier alpha value is -10.9. The number of halogens is 1. The fraction of sp³-hybridized carbons (Fsp3) is 0.243. The van der Waals surface area contributed by atoms with Crippen LogP contribution in [0, 0.1) is 61.2 Å². The van der Waals surface area contributed by atoms with Crippen molar-refractivity contribution in [1.82, 2.24) is 0 Å². The van der Waals surface area contributed by atoms with Crippen molar-refractivity contribution in [3.8, 4) is 89.5 Å². The van der Waals surface area contributed by atoms with Crippen LogP contribution < -0.4 is 39.0 Å². The lowest BCUT2D eigenvalue weighted by molar-refractivity contribution is -0.665. The molecule has 0 N–H and O–H groups in total. The fourth-order valence-corrected chi connectivity index (χ4v) is 21.6. The normalized spacial score (nSPS) is 12.0. The average Bonchev–Trinajstić information content (AvgIpc) is 0.775. The summed E-state index contributed by atoms with van der Waals surface area (Å²) in [6.45, 7) is 50.8. The molecule has 0 fully saturated rings. The van der Waals surface area contributed by atoms with Gasteiger partial charge in [-0.05, 0) is 189 Å². The highest BCUT2D eigenvalue weighted by Gasteiger charge is 2.30. The molecule has 0 bridgehead atoms. The highest BCUT2D eigenvalue weighted by Crippen LogP contribution is 2.41. The Labute approximate surface area is 721 Å². The van der Waals surface area contributed by atoms with Gasteiger partial charge in [-0.25, -0.2) is 8.96 Å². The smallest absolute Gasteiger partial charge is 0.206 e. The first-order valence-corrected chi connectivity index (χ1v) is 56.8. The molecule has 4 aromatic heterocycles. The molecule has 16 aromatic rings. The molecule has 4 nitrogen and oxygen atoms in total. The molecule has 0 spiro atoms. The van der Waals surface area contributed by atoms with E-state index < -0.39 is 32.3 Å². The average molecular weight is 1650 g/mol. The molecule has 0 saturated carbocycles. The molecule has 4 heterocycles. The van der Waals surface area contributed by atoms with Crippen molar-refractivity contribution in [2.24, 2.45) is 28.2 Å². The zero-order chi connectivity index (χ0) is 87.2. The third-order valence-corrected chi connectivity index (χ3v) is 33.0. The Balaban J connectivity index is 0.000000139. The van der Waals surface area contributed by atoms with Gasteiger partial charge in [0.25, 0.3) is 0 Å². The van der Waals surface area contributed by atoms with E-state index in [4.69, 9.17) is 1.37 Å². The molecule has 120 heavy (non-hydrogen) atoms. The van der Waals surface area contributed by atoms with Gasteiger partial charge in [0.2, 0.25) is 22.8 Å². The minimum Gasteiger partial charge on any atom is -0.206 e. The van der Waals surface area contributed by atoms with Crippen LogP contribution in [0.25, 0.3) is 133 Å². The molecule has 0 unspecified atom stereocenters. The summed E-state index contributed by atoms with van der Waals surface area (Å²) in [5.41, 5.74) is 30.3. The zero-order valence-electron chi connectivity index (χ0n) is 77.2. The van der Waals surface area contributed by atoms with Crippen LogP contribution in [-0.4, -0.2) is 32.3 Å². The van der Waals surface area contributed by atoms with Crippen LogP contribution in [0.5, 0.6) is 0 Å². The van der Waals surface area contributed by atoms with Crippen molar-refractivity contribution in [2.75, 3.05) is 0 Å². The number of nitrogens with zero attached hydrogens (tertiary/aromatic N) is 4. The maximum atomic E-state index is 14.9. The van der Waals surface area contributed by atoms with E-state index in [-0.39, 0.29) is 5.82 Å². The summed E-state index contributed by atoms with van der Waals surface area (Å²) in [4.78, 5) is 0. The Morgan fingerprint density at radius 1 is 0.275 bits per heavy atom. The van der Waals surface area contributed by atoms with Crippen molar-refractivity contribution < 1.29 is 24.0 Å². The van der Waals surface area contributed by atoms with Crippen molar-refractivity contribution in [1.29, 1.82) is 0 Å². The van der Waals surface area contributed by atoms with E-state index in [1.165, 1.54) is 170 Å². The molecule has 608 valence electrons. The predicted molar refractivity (Wildman–Crippen MR) is 528 cm³/mol. The number of rotatable bonds is 13. The second kappa shape index (κ2) is 35.0. The van der Waals surface area contributed by atoms with Crippen LogP contribution >= 0.6 is 0 Å². The highest BCUT2D eigenvalue weighted by molar-refractivity contribution is 6.90. The minimum absolute atomic E-state index is 0.178. The number of aromatic nitrogens is 4. The summed E-state index contributed by atoms with van der Waals surface area (Å²) in [6, 6.07) is 98.6. The van der Waals surface area contributed by atoms with Gasteiger partial charge in [0.15, 0.2) is 23.3 Å². The number of benzene rings is 12. The molecule has 0 aliphatic carbocycles. The Morgan fingerprint density at radius 3 is 1.02 bits per heavy atom. The summed E-state index contributed by atoms with van der Waals surface area (Å²) in [7, 11) is 2.95. The van der Waals surface area contributed by atoms with E-state index in [1.807, 2.05) is 61.0 Å². The number of hydrogen-bond acceptors (Lipinski definition) is 0. The van der Waals surface area contributed by atoms with Crippen molar-refractivity contribution in [2.45, 2.75) is 154 Å². The van der Waals surface area contributed by atoms with Crippen LogP contribution in [0.2, 0.25) is 78.6 Å². The van der Waals surface area contributed by atoms with Gasteiger partial charge in [0.05, 0.1) is 76.1 Å². The van der Waals surface area contributed by atoms with Crippen LogP contribution in [0.15, 0.2) is 279 Å². The van der Waals surface area contributed by atoms with Gasteiger partial charge in [-0.3, -0.25) is 0 Å². The number of hydrogen-bond donors (Lipinski definition) is 0. The van der Waals surface area contributed by atoms with Gasteiger partial charge in [-0.1, -0.05) is 307 Å². The van der Waals surface area contributed by atoms with Gasteiger partial charge >= 0.3 is 0 Å². The molecule has 0 aliphatic heterocycles. The number of fused-ring (bicyclic) bond motifs is 4. The van der Waals surface area contributed by atoms with E-state index >= 15 is 0 Å². The molecule has 0 amide bonds. The monoisotopic (exact) mass is 1650 g/mol. The van der Waals surface area contributed by atoms with Gasteiger partial charge in [-0.15, -0.1) is 0 Å². The Bertz CT molecular complexity index is 6610. The first-order valence-electron chi connectivity index (χ1n) is 43.3. The highest BCUT2D eigenvalue weighted by atomic mass is 28.3. The Morgan fingerprint density at radius 2 is 0.617 bits per heavy atom. The lowest BCUT2D eigenvalue weighted by Crippen LogP contribution is -2.38. The third kappa shape index (κ3) is 18.5. The van der Waals surface area contributed by atoms with Gasteiger partial charge in [0, 0.05) is 50.6 Å². The van der Waals surface area contributed by atoms with Crippen LogP contribution in [0.3, 0.4) is 0 Å². The molecule has 16 rings (SSSR count). The van der Waals surface area contributed by atoms with E-state index in [0.717, 1.165) is 28.1 Å². The maximum absolute atomic E-state index is 14.9. The molecular weight excluding hydrogens is 1520 g/mol. The fourth-order valence-electron chi connectivity index (χ4n) is 16.9. The first kappa shape index (κ1) is 85.5. The minimum atomic E-state index is -1.43. The quantitative estimate of drug-likeness (QED) is 0.0808. The summed E-state index contributed by atoms with van der Waals surface area (Å²) in [6.07, 6.45) is 0.538. The van der Waals surface area contributed by atoms with Gasteiger partial charge < -0.3 is 0 Å². The standard InChI is InChI=1S/C29H34NSi.C28H32NSi.C27H29FNSi.C27H30NSi/c1-20(2)27-18-24(22-11-9-8-10-12-22)19-28(21(27)3)29-26-14-13-25(31(5,6)7)17-23(26)15-16-30(29)4;1-19-15-23(22-11-9-8-10-12-22)18-27(21(19)3)28-26-14-13-25(30(5,6)7)17-24(26)16-20(2)29(28)4;1-18-14-26(28)25(20-10-8-7-9-11-20)17-24(18)27-23-13-12-22(30(4,5)6)16-21(23)15-19(2)29(27)3;1-19-12-13-22(21-10-8-7-9-11-21)18-26(19)27-25-15-14-24(29(4,5)6)17-23(25)16-20(2)28(27)3/h8-20H,1-7H3;8-18H,1-7H3;7-17H,1-6H3;7-18H,1-6H3/q4*+1/i16D;;;. The van der Waals surface area contributed by atoms with Gasteiger partial charge in [0.1, 0.15) is 35.4 Å². The van der Waals surface area contributed by atoms with Crippen molar-refractivity contribution >= 4 is 96.1 Å². The number of aryl methyl sites for hydroxylation is 6. The van der Waals surface area contributed by atoms with E-state index in [2.05, 4.69) is 400 Å². The van der Waals surface area contributed by atoms with Gasteiger partial charge in [-0.2, -0.15) is 13.7 Å². The summed E-state index contributed by atoms with van der Waals surface area (Å²) >= 11 is 0. The predicted octanol–water partition coefficient (Wildman–Crippen LogP) is 25.9. The molecule has 0 atom stereocenters. The molecule has 12 aromatic carbocycles. The molecule has 0 aliphatic rings. The zero-order valence-corrected chi connectivity index (χ0v) is 80.2. The SMILES string of the molecule is Cc1cc(-c2ccccc2)cc(-c2c3ccc([Si](C)(C)C)cc3cc(C)[n+]2C)c1C.Cc1cc(F)c(-c2ccccc2)cc1-c1c2ccc([Si](C)(C)C)cc2cc(C)[n+]1C.Cc1ccc(-c2ccccc2)cc1-c1c2ccc([Si](C)(C)C)cc2cc(C)[n+]1C.[2H]c1cc2cc([Si](C)(C)C)ccc2c(-c2cc(-c3ccccc3)cc(C(C)C)c2C)[n+]1C. The largest absolute Gasteiger partial charge is 0.220 e. The molecule has 0 radical (unpaired) electrons. The second-order valence-corrected chi connectivity index (χ2v) is 58.3.